The second-order valence-electron chi connectivity index (χ2n) is 7.89. The van der Waals surface area contributed by atoms with Crippen LogP contribution in [-0.2, 0) is 0 Å². The molecule has 0 saturated heterocycles. The van der Waals surface area contributed by atoms with E-state index in [4.69, 9.17) is 9.47 Å². The fourth-order valence-corrected chi connectivity index (χ4v) is 5.37. The molecule has 0 spiro atoms. The van der Waals surface area contributed by atoms with Crippen molar-refractivity contribution < 1.29 is 9.47 Å². The van der Waals surface area contributed by atoms with Crippen molar-refractivity contribution in [1.29, 1.82) is 0 Å². The molecule has 0 aliphatic heterocycles. The van der Waals surface area contributed by atoms with Crippen LogP contribution in [0.2, 0.25) is 0 Å². The van der Waals surface area contributed by atoms with Crippen molar-refractivity contribution >= 4 is 22.6 Å². The average Bonchev–Trinajstić information content (AvgIpc) is 2.81. The van der Waals surface area contributed by atoms with E-state index in [9.17, 15) is 0 Å². The SMILES string of the molecule is COc1cccc(I)c1-c1c(C)cc(C(c2ccccc2)c2ccccc2)c(OC)c1C. The highest BCUT2D eigenvalue weighted by atomic mass is 127. The van der Waals surface area contributed by atoms with Crippen molar-refractivity contribution in [2.45, 2.75) is 19.8 Å². The molecule has 0 radical (unpaired) electrons. The van der Waals surface area contributed by atoms with E-state index < -0.39 is 0 Å². The summed E-state index contributed by atoms with van der Waals surface area (Å²) in [6.45, 7) is 4.33. The van der Waals surface area contributed by atoms with Gasteiger partial charge in [-0.3, -0.25) is 0 Å². The molecule has 0 amide bonds. The second kappa shape index (κ2) is 9.78. The summed E-state index contributed by atoms with van der Waals surface area (Å²) < 4.78 is 13.0. The lowest BCUT2D eigenvalue weighted by molar-refractivity contribution is 0.405. The zero-order valence-corrected chi connectivity index (χ0v) is 21.0. The van der Waals surface area contributed by atoms with Crippen molar-refractivity contribution in [2.75, 3.05) is 14.2 Å². The fourth-order valence-electron chi connectivity index (χ4n) is 4.63. The Hall–Kier alpha value is -2.79. The zero-order valence-electron chi connectivity index (χ0n) is 18.9. The van der Waals surface area contributed by atoms with Crippen LogP contribution in [0.4, 0.5) is 0 Å². The molecule has 2 nitrogen and oxygen atoms in total. The molecule has 0 heterocycles. The Morgan fingerprint density at radius 3 is 1.81 bits per heavy atom. The number of hydrogen-bond donors (Lipinski definition) is 0. The van der Waals surface area contributed by atoms with Gasteiger partial charge in [0.2, 0.25) is 0 Å². The van der Waals surface area contributed by atoms with Crippen molar-refractivity contribution in [3.05, 3.63) is 116 Å². The second-order valence-corrected chi connectivity index (χ2v) is 9.05. The van der Waals surface area contributed by atoms with Crippen LogP contribution >= 0.6 is 22.6 Å². The van der Waals surface area contributed by atoms with Crippen LogP contribution in [0.25, 0.3) is 11.1 Å². The summed E-state index contributed by atoms with van der Waals surface area (Å²) in [7, 11) is 3.50. The lowest BCUT2D eigenvalue weighted by Gasteiger charge is -2.26. The summed E-state index contributed by atoms with van der Waals surface area (Å²) in [6.07, 6.45) is 0. The van der Waals surface area contributed by atoms with Gasteiger partial charge in [-0.1, -0.05) is 72.8 Å². The maximum absolute atomic E-state index is 6.09. The van der Waals surface area contributed by atoms with Crippen LogP contribution in [0.3, 0.4) is 0 Å². The smallest absolute Gasteiger partial charge is 0.127 e. The Balaban J connectivity index is 2.00. The van der Waals surface area contributed by atoms with E-state index in [1.54, 1.807) is 14.2 Å². The Labute approximate surface area is 204 Å². The Morgan fingerprint density at radius 2 is 1.28 bits per heavy atom. The van der Waals surface area contributed by atoms with Gasteiger partial charge in [0, 0.05) is 20.6 Å². The molecule has 3 heteroatoms. The Bertz CT molecular complexity index is 1180. The third-order valence-corrected chi connectivity index (χ3v) is 6.87. The van der Waals surface area contributed by atoms with E-state index in [2.05, 4.69) is 109 Å². The molecule has 0 bridgehead atoms. The van der Waals surface area contributed by atoms with Gasteiger partial charge < -0.3 is 9.47 Å². The minimum atomic E-state index is 0.0792. The highest BCUT2D eigenvalue weighted by molar-refractivity contribution is 14.1. The molecule has 4 rings (SSSR count). The normalized spacial score (nSPS) is 10.9. The third kappa shape index (κ3) is 4.14. The maximum Gasteiger partial charge on any atom is 0.127 e. The third-order valence-electron chi connectivity index (χ3n) is 5.97. The number of aryl methyl sites for hydroxylation is 1. The number of methoxy groups -OCH3 is 2. The van der Waals surface area contributed by atoms with E-state index in [1.165, 1.54) is 27.8 Å². The molecule has 0 aliphatic carbocycles. The van der Waals surface area contributed by atoms with Crippen LogP contribution in [0.1, 0.15) is 33.7 Å². The molecule has 0 aromatic heterocycles. The van der Waals surface area contributed by atoms with Gasteiger partial charge >= 0.3 is 0 Å². The van der Waals surface area contributed by atoms with E-state index in [0.29, 0.717) is 0 Å². The quantitative estimate of drug-likeness (QED) is 0.186. The van der Waals surface area contributed by atoms with Crippen LogP contribution in [0, 0.1) is 17.4 Å². The Morgan fingerprint density at radius 1 is 0.688 bits per heavy atom. The maximum atomic E-state index is 6.09. The van der Waals surface area contributed by atoms with Gasteiger partial charge in [0.15, 0.2) is 0 Å². The van der Waals surface area contributed by atoms with Crippen LogP contribution < -0.4 is 9.47 Å². The highest BCUT2D eigenvalue weighted by Gasteiger charge is 2.26. The van der Waals surface area contributed by atoms with Gasteiger partial charge in [-0.05, 0) is 76.4 Å². The number of ether oxygens (including phenoxy) is 2. The highest BCUT2D eigenvalue weighted by Crippen LogP contribution is 2.46. The zero-order chi connectivity index (χ0) is 22.7. The average molecular weight is 534 g/mol. The van der Waals surface area contributed by atoms with E-state index in [1.807, 2.05) is 12.1 Å². The first-order valence-corrected chi connectivity index (χ1v) is 11.8. The van der Waals surface area contributed by atoms with Crippen molar-refractivity contribution in [1.82, 2.24) is 0 Å². The molecular formula is C29H27IO2. The first kappa shape index (κ1) is 22.4. The number of rotatable bonds is 6. The number of hydrogen-bond acceptors (Lipinski definition) is 2. The summed E-state index contributed by atoms with van der Waals surface area (Å²) >= 11 is 2.39. The molecule has 0 N–H and O–H groups in total. The molecule has 0 fully saturated rings. The van der Waals surface area contributed by atoms with E-state index >= 15 is 0 Å². The molecular weight excluding hydrogens is 507 g/mol. The lowest BCUT2D eigenvalue weighted by atomic mass is 9.81. The van der Waals surface area contributed by atoms with Crippen molar-refractivity contribution in [3.63, 3.8) is 0 Å². The first-order valence-electron chi connectivity index (χ1n) is 10.7. The molecule has 0 saturated carbocycles. The van der Waals surface area contributed by atoms with Crippen LogP contribution in [-0.4, -0.2) is 14.2 Å². The standard InChI is InChI=1S/C29H27IO2/c1-19-18-23(27(21-12-7-5-8-13-21)22-14-9-6-10-15-22)29(32-4)20(2)26(19)28-24(30)16-11-17-25(28)31-3/h5-18,27H,1-4H3. The van der Waals surface area contributed by atoms with Gasteiger partial charge in [-0.25, -0.2) is 0 Å². The molecule has 0 atom stereocenters. The van der Waals surface area contributed by atoms with Crippen LogP contribution in [0.15, 0.2) is 84.9 Å². The topological polar surface area (TPSA) is 18.5 Å². The van der Waals surface area contributed by atoms with E-state index in [-0.39, 0.29) is 5.92 Å². The van der Waals surface area contributed by atoms with Crippen molar-refractivity contribution in [3.8, 4) is 22.6 Å². The largest absolute Gasteiger partial charge is 0.496 e. The lowest BCUT2D eigenvalue weighted by Crippen LogP contribution is -2.08. The van der Waals surface area contributed by atoms with Gasteiger partial charge in [0.1, 0.15) is 11.5 Å². The summed E-state index contributed by atoms with van der Waals surface area (Å²) in [5, 5.41) is 0. The summed E-state index contributed by atoms with van der Waals surface area (Å²) in [5.41, 5.74) is 8.29. The Kier molecular flexibility index (Phi) is 6.85. The van der Waals surface area contributed by atoms with Gasteiger partial charge in [0.05, 0.1) is 14.2 Å². The van der Waals surface area contributed by atoms with Gasteiger partial charge in [0.25, 0.3) is 0 Å². The summed E-state index contributed by atoms with van der Waals surface area (Å²) in [6, 6.07) is 29.8. The predicted molar refractivity (Wildman–Crippen MR) is 141 cm³/mol. The minimum absolute atomic E-state index is 0.0792. The molecule has 32 heavy (non-hydrogen) atoms. The monoisotopic (exact) mass is 534 g/mol. The minimum Gasteiger partial charge on any atom is -0.496 e. The molecule has 4 aromatic carbocycles. The van der Waals surface area contributed by atoms with Gasteiger partial charge in [-0.15, -0.1) is 0 Å². The molecule has 0 aliphatic rings. The summed E-state index contributed by atoms with van der Waals surface area (Å²) in [5.74, 6) is 1.88. The van der Waals surface area contributed by atoms with E-state index in [0.717, 1.165) is 26.2 Å². The molecule has 162 valence electrons. The number of halogens is 1. The summed E-state index contributed by atoms with van der Waals surface area (Å²) in [4.78, 5) is 0. The molecule has 4 aromatic rings. The molecule has 0 unspecified atom stereocenters. The number of benzene rings is 4. The first-order chi connectivity index (χ1) is 15.6. The fraction of sp³-hybridized carbons (Fsp3) is 0.172. The predicted octanol–water partition coefficient (Wildman–Crippen LogP) is 7.77. The van der Waals surface area contributed by atoms with Crippen LogP contribution in [0.5, 0.6) is 11.5 Å². The van der Waals surface area contributed by atoms with Crippen molar-refractivity contribution in [2.24, 2.45) is 0 Å². The van der Waals surface area contributed by atoms with Gasteiger partial charge in [-0.2, -0.15) is 0 Å².